The number of nitrogens with one attached hydrogen (secondary N) is 1. The normalized spacial score (nSPS) is 10.3. The van der Waals surface area contributed by atoms with Gasteiger partial charge in [-0.2, -0.15) is 4.98 Å². The van der Waals surface area contributed by atoms with Gasteiger partial charge in [-0.3, -0.25) is 10.1 Å². The summed E-state index contributed by atoms with van der Waals surface area (Å²) in [6, 6.07) is 3.23. The lowest BCUT2D eigenvalue weighted by atomic mass is 10.2. The van der Waals surface area contributed by atoms with E-state index in [0.29, 0.717) is 23.6 Å². The smallest absolute Gasteiger partial charge is 0.328 e. The minimum Gasteiger partial charge on any atom is -0.384 e. The Hall–Kier alpha value is -2.44. The van der Waals surface area contributed by atoms with Gasteiger partial charge in [-0.1, -0.05) is 12.1 Å². The molecule has 0 aliphatic carbocycles. The maximum absolute atomic E-state index is 11.9. The van der Waals surface area contributed by atoms with Crippen LogP contribution >= 0.6 is 0 Å². The molecule has 0 aromatic carbocycles. The van der Waals surface area contributed by atoms with Gasteiger partial charge in [0.25, 0.3) is 5.91 Å². The van der Waals surface area contributed by atoms with Crippen molar-refractivity contribution < 1.29 is 9.32 Å². The number of aromatic nitrogens is 3. The van der Waals surface area contributed by atoms with Crippen LogP contribution in [0.4, 0.5) is 11.8 Å². The largest absolute Gasteiger partial charge is 0.384 e. The molecule has 1 amide bonds. The molecule has 0 saturated carbocycles. The Balaban J connectivity index is 2.20. The zero-order valence-corrected chi connectivity index (χ0v) is 10.1. The number of rotatable bonds is 3. The molecule has 0 aliphatic heterocycles. The predicted octanol–water partition coefficient (Wildman–Crippen LogP) is 1.17. The third kappa shape index (κ3) is 2.62. The SMILES string of the molecule is CCc1cc(C(=O)Nc2nc(C)no2)cc(N)n1. The van der Waals surface area contributed by atoms with Crippen molar-refractivity contribution in [1.82, 2.24) is 15.1 Å². The number of nitrogens with zero attached hydrogens (tertiary/aromatic N) is 3. The topological polar surface area (TPSA) is 107 Å². The van der Waals surface area contributed by atoms with E-state index in [9.17, 15) is 4.79 Å². The molecule has 94 valence electrons. The van der Waals surface area contributed by atoms with Crippen molar-refractivity contribution in [2.24, 2.45) is 0 Å². The molecule has 7 heteroatoms. The Kier molecular flexibility index (Phi) is 3.22. The van der Waals surface area contributed by atoms with Crippen molar-refractivity contribution in [2.75, 3.05) is 11.1 Å². The monoisotopic (exact) mass is 247 g/mol. The van der Waals surface area contributed by atoms with E-state index in [-0.39, 0.29) is 11.9 Å². The van der Waals surface area contributed by atoms with Crippen molar-refractivity contribution in [3.8, 4) is 0 Å². The Labute approximate surface area is 103 Å². The lowest BCUT2D eigenvalue weighted by Crippen LogP contribution is -2.13. The van der Waals surface area contributed by atoms with Crippen LogP contribution in [0.5, 0.6) is 0 Å². The highest BCUT2D eigenvalue weighted by Gasteiger charge is 2.12. The molecule has 0 spiro atoms. The van der Waals surface area contributed by atoms with Crippen molar-refractivity contribution >= 4 is 17.7 Å². The molecule has 0 aliphatic rings. The van der Waals surface area contributed by atoms with Crippen molar-refractivity contribution in [3.05, 3.63) is 29.2 Å². The van der Waals surface area contributed by atoms with Gasteiger partial charge < -0.3 is 10.3 Å². The van der Waals surface area contributed by atoms with Gasteiger partial charge in [-0.05, 0) is 25.5 Å². The number of hydrogen-bond acceptors (Lipinski definition) is 6. The molecule has 2 heterocycles. The van der Waals surface area contributed by atoms with Crippen LogP contribution in [0.15, 0.2) is 16.7 Å². The number of carbonyl (C=O) groups excluding carboxylic acids is 1. The number of amides is 1. The molecule has 0 saturated heterocycles. The van der Waals surface area contributed by atoms with E-state index in [1.807, 2.05) is 6.92 Å². The van der Waals surface area contributed by atoms with E-state index in [1.165, 1.54) is 6.07 Å². The fourth-order valence-electron chi connectivity index (χ4n) is 1.44. The van der Waals surface area contributed by atoms with Gasteiger partial charge in [-0.15, -0.1) is 0 Å². The summed E-state index contributed by atoms with van der Waals surface area (Å²) in [5, 5.41) is 6.07. The number of anilines is 2. The van der Waals surface area contributed by atoms with Crippen molar-refractivity contribution in [2.45, 2.75) is 20.3 Å². The summed E-state index contributed by atoms with van der Waals surface area (Å²) in [5.74, 6) is 0.400. The first-order valence-electron chi connectivity index (χ1n) is 5.46. The third-order valence-electron chi connectivity index (χ3n) is 2.27. The zero-order chi connectivity index (χ0) is 13.1. The summed E-state index contributed by atoms with van der Waals surface area (Å²) < 4.78 is 4.80. The minimum absolute atomic E-state index is 0.0610. The van der Waals surface area contributed by atoms with E-state index in [2.05, 4.69) is 20.4 Å². The molecule has 0 unspecified atom stereocenters. The van der Waals surface area contributed by atoms with Gasteiger partial charge in [0.2, 0.25) is 0 Å². The molecular weight excluding hydrogens is 234 g/mol. The Morgan fingerprint density at radius 2 is 2.22 bits per heavy atom. The fraction of sp³-hybridized carbons (Fsp3) is 0.273. The van der Waals surface area contributed by atoms with Gasteiger partial charge in [0.15, 0.2) is 5.82 Å². The third-order valence-corrected chi connectivity index (χ3v) is 2.27. The molecule has 0 radical (unpaired) electrons. The number of pyridine rings is 1. The van der Waals surface area contributed by atoms with Crippen molar-refractivity contribution in [1.29, 1.82) is 0 Å². The molecule has 3 N–H and O–H groups in total. The van der Waals surface area contributed by atoms with Crippen LogP contribution in [-0.4, -0.2) is 21.0 Å². The molecule has 0 fully saturated rings. The van der Waals surface area contributed by atoms with Crippen LogP contribution in [-0.2, 0) is 6.42 Å². The maximum atomic E-state index is 11.9. The number of nitrogen functional groups attached to an aromatic ring is 1. The van der Waals surface area contributed by atoms with Crippen LogP contribution in [0.2, 0.25) is 0 Å². The number of nitrogens with two attached hydrogens (primary N) is 1. The average Bonchev–Trinajstić information content (AvgIpc) is 2.73. The predicted molar refractivity (Wildman–Crippen MR) is 65.0 cm³/mol. The summed E-state index contributed by atoms with van der Waals surface area (Å²) in [6.07, 6.45) is 0.699. The zero-order valence-electron chi connectivity index (χ0n) is 10.1. The van der Waals surface area contributed by atoms with E-state index >= 15 is 0 Å². The molecule has 2 aromatic rings. The first-order valence-corrected chi connectivity index (χ1v) is 5.46. The second-order valence-corrected chi connectivity index (χ2v) is 3.73. The highest BCUT2D eigenvalue weighted by atomic mass is 16.5. The van der Waals surface area contributed by atoms with Crippen LogP contribution in [0, 0.1) is 6.92 Å². The van der Waals surface area contributed by atoms with Crippen LogP contribution in [0.3, 0.4) is 0 Å². The van der Waals surface area contributed by atoms with Crippen LogP contribution < -0.4 is 11.1 Å². The molecule has 7 nitrogen and oxygen atoms in total. The summed E-state index contributed by atoms with van der Waals surface area (Å²) in [4.78, 5) is 19.9. The van der Waals surface area contributed by atoms with E-state index in [1.54, 1.807) is 13.0 Å². The Bertz CT molecular complexity index is 579. The number of carbonyl (C=O) groups is 1. The molecule has 0 atom stereocenters. The second-order valence-electron chi connectivity index (χ2n) is 3.73. The lowest BCUT2D eigenvalue weighted by Gasteiger charge is -2.04. The lowest BCUT2D eigenvalue weighted by molar-refractivity contribution is 0.102. The minimum atomic E-state index is -0.359. The van der Waals surface area contributed by atoms with Crippen LogP contribution in [0.25, 0.3) is 0 Å². The van der Waals surface area contributed by atoms with Gasteiger partial charge in [0.1, 0.15) is 5.82 Å². The van der Waals surface area contributed by atoms with Gasteiger partial charge in [-0.25, -0.2) is 4.98 Å². The number of hydrogen-bond donors (Lipinski definition) is 2. The van der Waals surface area contributed by atoms with Gasteiger partial charge in [0.05, 0.1) is 0 Å². The van der Waals surface area contributed by atoms with Crippen molar-refractivity contribution in [3.63, 3.8) is 0 Å². The van der Waals surface area contributed by atoms with Crippen LogP contribution in [0.1, 0.15) is 28.8 Å². The molecule has 2 rings (SSSR count). The second kappa shape index (κ2) is 4.82. The first-order chi connectivity index (χ1) is 8.58. The number of aryl methyl sites for hydroxylation is 2. The Morgan fingerprint density at radius 3 is 2.83 bits per heavy atom. The van der Waals surface area contributed by atoms with E-state index < -0.39 is 0 Å². The highest BCUT2D eigenvalue weighted by Crippen LogP contribution is 2.11. The molecule has 2 aromatic heterocycles. The quantitative estimate of drug-likeness (QED) is 0.843. The first kappa shape index (κ1) is 12.0. The summed E-state index contributed by atoms with van der Waals surface area (Å²) >= 11 is 0. The van der Waals surface area contributed by atoms with E-state index in [0.717, 1.165) is 5.69 Å². The fourth-order valence-corrected chi connectivity index (χ4v) is 1.44. The van der Waals surface area contributed by atoms with Gasteiger partial charge in [0, 0.05) is 11.3 Å². The van der Waals surface area contributed by atoms with E-state index in [4.69, 9.17) is 10.3 Å². The van der Waals surface area contributed by atoms with Gasteiger partial charge >= 0.3 is 6.01 Å². The molecule has 0 bridgehead atoms. The maximum Gasteiger partial charge on any atom is 0.328 e. The average molecular weight is 247 g/mol. The summed E-state index contributed by atoms with van der Waals surface area (Å²) in [7, 11) is 0. The Morgan fingerprint density at radius 1 is 1.44 bits per heavy atom. The molecular formula is C11H13N5O2. The molecule has 18 heavy (non-hydrogen) atoms. The summed E-state index contributed by atoms with van der Waals surface area (Å²) in [6.45, 7) is 3.60. The highest BCUT2D eigenvalue weighted by molar-refractivity contribution is 6.03. The summed E-state index contributed by atoms with van der Waals surface area (Å²) in [5.41, 5.74) is 6.79. The standard InChI is InChI=1S/C11H13N5O2/c1-3-8-4-7(5-9(12)14-8)10(17)15-11-13-6(2)16-18-11/h4-5H,3H2,1-2H3,(H2,12,14)(H,13,15,16,17).